The Bertz CT molecular complexity index is 534. The fourth-order valence-electron chi connectivity index (χ4n) is 2.51. The Labute approximate surface area is 114 Å². The molecule has 3 heterocycles. The second-order valence-corrected chi connectivity index (χ2v) is 5.15. The zero-order valence-corrected chi connectivity index (χ0v) is 10.8. The van der Waals surface area contributed by atoms with Gasteiger partial charge in [-0.3, -0.25) is 10.1 Å². The molecule has 1 spiro atoms. The molecule has 1 aromatic rings. The molecule has 2 aliphatic rings. The molecular formula is C11H12ClN5O2. The third-order valence-corrected chi connectivity index (χ3v) is 3.59. The topological polar surface area (TPSA) is 87.2 Å². The molecule has 3 rings (SSSR count). The molecular weight excluding hydrogens is 270 g/mol. The van der Waals surface area contributed by atoms with Gasteiger partial charge in [-0.1, -0.05) is 11.6 Å². The van der Waals surface area contributed by atoms with Crippen LogP contribution in [0.25, 0.3) is 0 Å². The van der Waals surface area contributed by atoms with Crippen LogP contribution in [-0.2, 0) is 4.79 Å². The first-order valence-electron chi connectivity index (χ1n) is 5.95. The van der Waals surface area contributed by atoms with E-state index in [-0.39, 0.29) is 5.91 Å². The molecule has 2 fully saturated rings. The molecule has 1 atom stereocenters. The largest absolute Gasteiger partial charge is 0.338 e. The highest BCUT2D eigenvalue weighted by Gasteiger charge is 2.49. The van der Waals surface area contributed by atoms with E-state index in [0.717, 1.165) is 13.0 Å². The summed E-state index contributed by atoms with van der Waals surface area (Å²) < 4.78 is 0. The predicted molar refractivity (Wildman–Crippen MR) is 67.9 cm³/mol. The zero-order chi connectivity index (χ0) is 13.5. The Morgan fingerprint density at radius 3 is 2.68 bits per heavy atom. The van der Waals surface area contributed by atoms with E-state index >= 15 is 0 Å². The van der Waals surface area contributed by atoms with Crippen molar-refractivity contribution in [2.45, 2.75) is 18.4 Å². The molecule has 0 aliphatic carbocycles. The standard InChI is InChI=1S/C11H12ClN5O2/c12-7-4-13-9(14-5-7)17-3-1-2-11(6-17)8(18)15-10(19)16-11/h4-5H,1-3,6H2,(H2,15,16,18,19). The van der Waals surface area contributed by atoms with Crippen LogP contribution in [0.15, 0.2) is 12.4 Å². The first-order chi connectivity index (χ1) is 9.09. The third-order valence-electron chi connectivity index (χ3n) is 3.40. The van der Waals surface area contributed by atoms with Crippen LogP contribution in [0.3, 0.4) is 0 Å². The minimum absolute atomic E-state index is 0.281. The smallest absolute Gasteiger partial charge is 0.322 e. The number of halogens is 1. The summed E-state index contributed by atoms with van der Waals surface area (Å²) in [5.41, 5.74) is -0.863. The summed E-state index contributed by atoms with van der Waals surface area (Å²) in [6.07, 6.45) is 4.42. The van der Waals surface area contributed by atoms with E-state index in [1.54, 1.807) is 0 Å². The van der Waals surface area contributed by atoms with Crippen LogP contribution in [0.4, 0.5) is 10.7 Å². The maximum Gasteiger partial charge on any atom is 0.322 e. The van der Waals surface area contributed by atoms with Crippen LogP contribution in [0.2, 0.25) is 5.02 Å². The van der Waals surface area contributed by atoms with Gasteiger partial charge >= 0.3 is 6.03 Å². The van der Waals surface area contributed by atoms with Gasteiger partial charge in [0.15, 0.2) is 0 Å². The highest BCUT2D eigenvalue weighted by Crippen LogP contribution is 2.26. The van der Waals surface area contributed by atoms with Crippen molar-refractivity contribution in [3.63, 3.8) is 0 Å². The number of rotatable bonds is 1. The molecule has 100 valence electrons. The summed E-state index contributed by atoms with van der Waals surface area (Å²) in [7, 11) is 0. The minimum atomic E-state index is -0.863. The molecule has 2 N–H and O–H groups in total. The number of nitrogens with one attached hydrogen (secondary N) is 2. The number of urea groups is 1. The molecule has 1 aromatic heterocycles. The van der Waals surface area contributed by atoms with Gasteiger partial charge in [0.1, 0.15) is 5.54 Å². The number of carbonyl (C=O) groups excluding carboxylic acids is 2. The molecule has 0 saturated carbocycles. The SMILES string of the molecule is O=C1NC(=O)C2(CCCN(c3ncc(Cl)cn3)C2)N1. The van der Waals surface area contributed by atoms with Gasteiger partial charge in [0, 0.05) is 6.54 Å². The average Bonchev–Trinajstić information content (AvgIpc) is 2.64. The summed E-state index contributed by atoms with van der Waals surface area (Å²) in [5, 5.41) is 5.45. The van der Waals surface area contributed by atoms with Crippen molar-refractivity contribution in [2.75, 3.05) is 18.0 Å². The number of hydrogen-bond donors (Lipinski definition) is 2. The fraction of sp³-hybridized carbons (Fsp3) is 0.455. The molecule has 2 aliphatic heterocycles. The van der Waals surface area contributed by atoms with Gasteiger partial charge in [-0.15, -0.1) is 0 Å². The van der Waals surface area contributed by atoms with Crippen molar-refractivity contribution >= 4 is 29.5 Å². The average molecular weight is 282 g/mol. The number of carbonyl (C=O) groups is 2. The molecule has 0 aromatic carbocycles. The number of aromatic nitrogens is 2. The van der Waals surface area contributed by atoms with Crippen molar-refractivity contribution in [1.29, 1.82) is 0 Å². The molecule has 0 radical (unpaired) electrons. The van der Waals surface area contributed by atoms with Crippen LogP contribution < -0.4 is 15.5 Å². The van der Waals surface area contributed by atoms with E-state index in [0.29, 0.717) is 23.9 Å². The van der Waals surface area contributed by atoms with Crippen molar-refractivity contribution in [3.8, 4) is 0 Å². The molecule has 7 nitrogen and oxygen atoms in total. The molecule has 0 bridgehead atoms. The maximum atomic E-state index is 11.9. The van der Waals surface area contributed by atoms with E-state index < -0.39 is 11.6 Å². The molecule has 8 heteroatoms. The van der Waals surface area contributed by atoms with Crippen LogP contribution in [0.5, 0.6) is 0 Å². The molecule has 2 saturated heterocycles. The lowest BCUT2D eigenvalue weighted by Gasteiger charge is -2.37. The fourth-order valence-corrected chi connectivity index (χ4v) is 2.61. The summed E-state index contributed by atoms with van der Waals surface area (Å²) in [6.45, 7) is 1.11. The van der Waals surface area contributed by atoms with Crippen LogP contribution >= 0.6 is 11.6 Å². The monoisotopic (exact) mass is 281 g/mol. The van der Waals surface area contributed by atoms with Gasteiger partial charge in [-0.2, -0.15) is 0 Å². The number of amides is 3. The predicted octanol–water partition coefficient (Wildman–Crippen LogP) is 0.308. The first kappa shape index (κ1) is 12.2. The number of piperidine rings is 1. The Balaban J connectivity index is 1.84. The lowest BCUT2D eigenvalue weighted by atomic mass is 9.89. The second-order valence-electron chi connectivity index (χ2n) is 4.72. The highest BCUT2D eigenvalue weighted by atomic mass is 35.5. The van der Waals surface area contributed by atoms with Crippen molar-refractivity contribution in [2.24, 2.45) is 0 Å². The summed E-state index contributed by atoms with van der Waals surface area (Å²) in [6, 6.07) is -0.441. The first-order valence-corrected chi connectivity index (χ1v) is 6.33. The quantitative estimate of drug-likeness (QED) is 0.724. The number of imide groups is 1. The van der Waals surface area contributed by atoms with E-state index in [1.165, 1.54) is 12.4 Å². The molecule has 19 heavy (non-hydrogen) atoms. The van der Waals surface area contributed by atoms with Crippen molar-refractivity contribution < 1.29 is 9.59 Å². The molecule has 1 unspecified atom stereocenters. The highest BCUT2D eigenvalue weighted by molar-refractivity contribution is 6.30. The summed E-state index contributed by atoms with van der Waals surface area (Å²) >= 11 is 5.75. The summed E-state index contributed by atoms with van der Waals surface area (Å²) in [5.74, 6) is 0.230. The second kappa shape index (κ2) is 4.34. The maximum absolute atomic E-state index is 11.9. The van der Waals surface area contributed by atoms with Gasteiger partial charge in [0.05, 0.1) is 24.0 Å². The Morgan fingerprint density at radius 2 is 2.05 bits per heavy atom. The van der Waals surface area contributed by atoms with Gasteiger partial charge < -0.3 is 10.2 Å². The lowest BCUT2D eigenvalue weighted by molar-refractivity contribution is -0.124. The van der Waals surface area contributed by atoms with Gasteiger partial charge in [-0.25, -0.2) is 14.8 Å². The van der Waals surface area contributed by atoms with E-state index in [4.69, 9.17) is 11.6 Å². The van der Waals surface area contributed by atoms with Gasteiger partial charge in [0.2, 0.25) is 5.95 Å². The van der Waals surface area contributed by atoms with Crippen LogP contribution in [0, 0.1) is 0 Å². The number of hydrogen-bond acceptors (Lipinski definition) is 5. The van der Waals surface area contributed by atoms with Gasteiger partial charge in [0.25, 0.3) is 5.91 Å². The van der Waals surface area contributed by atoms with E-state index in [9.17, 15) is 9.59 Å². The number of anilines is 1. The Kier molecular flexibility index (Phi) is 2.78. The van der Waals surface area contributed by atoms with Crippen LogP contribution in [0.1, 0.15) is 12.8 Å². The van der Waals surface area contributed by atoms with Crippen molar-refractivity contribution in [3.05, 3.63) is 17.4 Å². The zero-order valence-electron chi connectivity index (χ0n) is 10.0. The normalized spacial score (nSPS) is 26.5. The number of nitrogens with zero attached hydrogens (tertiary/aromatic N) is 3. The van der Waals surface area contributed by atoms with E-state index in [2.05, 4.69) is 20.6 Å². The third kappa shape index (κ3) is 2.10. The van der Waals surface area contributed by atoms with E-state index in [1.807, 2.05) is 4.90 Å². The van der Waals surface area contributed by atoms with Crippen LogP contribution in [-0.4, -0.2) is 40.5 Å². The minimum Gasteiger partial charge on any atom is -0.338 e. The lowest BCUT2D eigenvalue weighted by Crippen LogP contribution is -2.59. The van der Waals surface area contributed by atoms with Gasteiger partial charge in [-0.05, 0) is 12.8 Å². The Hall–Kier alpha value is -1.89. The Morgan fingerprint density at radius 1 is 1.32 bits per heavy atom. The summed E-state index contributed by atoms with van der Waals surface area (Å²) in [4.78, 5) is 33.4. The van der Waals surface area contributed by atoms with Crippen molar-refractivity contribution in [1.82, 2.24) is 20.6 Å². The molecule has 3 amide bonds.